The van der Waals surface area contributed by atoms with E-state index in [4.69, 9.17) is 0 Å². The van der Waals surface area contributed by atoms with Crippen molar-refractivity contribution in [2.45, 2.75) is 65.5 Å². The molecule has 2 heterocycles. The highest BCUT2D eigenvalue weighted by Gasteiger charge is 2.32. The first-order chi connectivity index (χ1) is 9.88. The summed E-state index contributed by atoms with van der Waals surface area (Å²) in [5.41, 5.74) is 0.850. The van der Waals surface area contributed by atoms with Gasteiger partial charge < -0.3 is 10.0 Å². The van der Waals surface area contributed by atoms with E-state index in [0.717, 1.165) is 41.4 Å². The molecule has 5 heteroatoms. The van der Waals surface area contributed by atoms with Gasteiger partial charge in [0.25, 0.3) is 5.91 Å². The third kappa shape index (κ3) is 4.04. The third-order valence-electron chi connectivity index (χ3n) is 3.87. The van der Waals surface area contributed by atoms with Crippen molar-refractivity contribution in [3.8, 4) is 0 Å². The molecule has 2 unspecified atom stereocenters. The predicted octanol–water partition coefficient (Wildman–Crippen LogP) is 3.03. The molecular formula is C16H26N2O2S. The van der Waals surface area contributed by atoms with Crippen LogP contribution in [0.25, 0.3) is 0 Å². The molecule has 1 aromatic heterocycles. The van der Waals surface area contributed by atoms with Crippen LogP contribution in [0.3, 0.4) is 0 Å². The minimum Gasteiger partial charge on any atom is -0.393 e. The van der Waals surface area contributed by atoms with Crippen molar-refractivity contribution in [2.75, 3.05) is 6.54 Å². The van der Waals surface area contributed by atoms with Gasteiger partial charge in [-0.3, -0.25) is 4.79 Å². The number of aliphatic hydroxyl groups excluding tert-OH is 1. The van der Waals surface area contributed by atoms with Gasteiger partial charge in [0.05, 0.1) is 16.8 Å². The van der Waals surface area contributed by atoms with E-state index >= 15 is 0 Å². The lowest BCUT2D eigenvalue weighted by atomic mass is 10.1. The molecule has 0 bridgehead atoms. The maximum atomic E-state index is 12.8. The Morgan fingerprint density at radius 1 is 1.48 bits per heavy atom. The summed E-state index contributed by atoms with van der Waals surface area (Å²) in [5, 5.41) is 10.6. The van der Waals surface area contributed by atoms with E-state index in [0.29, 0.717) is 12.3 Å². The first-order valence-electron chi connectivity index (χ1n) is 7.83. The average Bonchev–Trinajstić information content (AvgIpc) is 2.94. The molecule has 0 saturated carbocycles. The highest BCUT2D eigenvalue weighted by atomic mass is 32.1. The van der Waals surface area contributed by atoms with Gasteiger partial charge in [-0.2, -0.15) is 0 Å². The number of likely N-dealkylation sites (tertiary alicyclic amines) is 1. The zero-order valence-corrected chi connectivity index (χ0v) is 14.2. The fourth-order valence-electron chi connectivity index (χ4n) is 2.96. The molecule has 2 atom stereocenters. The van der Waals surface area contributed by atoms with Crippen molar-refractivity contribution < 1.29 is 9.90 Å². The molecule has 1 aromatic rings. The van der Waals surface area contributed by atoms with Gasteiger partial charge in [0.2, 0.25) is 0 Å². The number of hydrogen-bond acceptors (Lipinski definition) is 4. The zero-order valence-electron chi connectivity index (χ0n) is 13.4. The van der Waals surface area contributed by atoms with E-state index in [1.807, 2.05) is 11.8 Å². The molecule has 2 rings (SSSR count). The Kier molecular flexibility index (Phi) is 5.38. The van der Waals surface area contributed by atoms with Crippen LogP contribution in [0.2, 0.25) is 0 Å². The summed E-state index contributed by atoms with van der Waals surface area (Å²) in [6.45, 7) is 8.84. The summed E-state index contributed by atoms with van der Waals surface area (Å²) in [6, 6.07) is 0.174. The Balaban J connectivity index is 2.13. The van der Waals surface area contributed by atoms with E-state index < -0.39 is 0 Å². The highest BCUT2D eigenvalue weighted by molar-refractivity contribution is 7.13. The van der Waals surface area contributed by atoms with E-state index in [1.165, 1.54) is 11.3 Å². The number of thiazole rings is 1. The predicted molar refractivity (Wildman–Crippen MR) is 85.7 cm³/mol. The van der Waals surface area contributed by atoms with E-state index in [-0.39, 0.29) is 18.1 Å². The normalized spacial score (nSPS) is 20.3. The lowest BCUT2D eigenvalue weighted by Gasteiger charge is -2.25. The molecule has 0 radical (unpaired) electrons. The number of rotatable bonds is 5. The van der Waals surface area contributed by atoms with Gasteiger partial charge in [0.15, 0.2) is 0 Å². The van der Waals surface area contributed by atoms with Gasteiger partial charge in [0.1, 0.15) is 4.88 Å². The lowest BCUT2D eigenvalue weighted by molar-refractivity contribution is 0.0686. The molecular weight excluding hydrogens is 284 g/mol. The molecule has 1 aliphatic heterocycles. The topological polar surface area (TPSA) is 53.4 Å². The second-order valence-electron chi connectivity index (χ2n) is 6.50. The monoisotopic (exact) mass is 310 g/mol. The number of aryl methyl sites for hydroxylation is 1. The first-order valence-corrected chi connectivity index (χ1v) is 8.65. The van der Waals surface area contributed by atoms with Crippen LogP contribution in [0.5, 0.6) is 0 Å². The largest absolute Gasteiger partial charge is 0.393 e. The lowest BCUT2D eigenvalue weighted by Crippen LogP contribution is -2.37. The fraction of sp³-hybridized carbons (Fsp3) is 0.750. The van der Waals surface area contributed by atoms with Crippen molar-refractivity contribution in [3.63, 3.8) is 0 Å². The molecule has 21 heavy (non-hydrogen) atoms. The number of carbonyl (C=O) groups excluding carboxylic acids is 1. The Bertz CT molecular complexity index is 496. The molecule has 0 aliphatic carbocycles. The Labute approximate surface area is 131 Å². The summed E-state index contributed by atoms with van der Waals surface area (Å²) in [5.74, 6) is 0.649. The molecule has 118 valence electrons. The van der Waals surface area contributed by atoms with Crippen LogP contribution >= 0.6 is 11.3 Å². The van der Waals surface area contributed by atoms with Crippen molar-refractivity contribution in [1.82, 2.24) is 9.88 Å². The minimum atomic E-state index is -0.359. The first kappa shape index (κ1) is 16.4. The van der Waals surface area contributed by atoms with Gasteiger partial charge in [-0.15, -0.1) is 11.3 Å². The summed E-state index contributed by atoms with van der Waals surface area (Å²) < 4.78 is 0. The maximum Gasteiger partial charge on any atom is 0.266 e. The molecule has 1 amide bonds. The number of amides is 1. The molecule has 1 N–H and O–H groups in total. The van der Waals surface area contributed by atoms with E-state index in [9.17, 15) is 9.90 Å². The van der Waals surface area contributed by atoms with Crippen LogP contribution in [0.1, 0.15) is 60.4 Å². The number of nitrogens with zero attached hydrogens (tertiary/aromatic N) is 2. The summed E-state index contributed by atoms with van der Waals surface area (Å²) in [4.78, 5) is 20.0. The van der Waals surface area contributed by atoms with Gasteiger partial charge in [-0.05, 0) is 39.0 Å². The standard InChI is InChI=1S/C16H26N2O2S/c1-10(2)8-14-17-12(4)15(21-14)16(20)18-7-5-6-13(18)9-11(3)19/h10-11,13,19H,5-9H2,1-4H3. The average molecular weight is 310 g/mol. The van der Waals surface area contributed by atoms with E-state index in [1.54, 1.807) is 6.92 Å². The molecule has 0 aromatic carbocycles. The number of carbonyl (C=O) groups is 1. The molecule has 1 fully saturated rings. The quantitative estimate of drug-likeness (QED) is 0.909. The van der Waals surface area contributed by atoms with Crippen molar-refractivity contribution >= 4 is 17.2 Å². The summed E-state index contributed by atoms with van der Waals surface area (Å²) in [7, 11) is 0. The molecule has 1 aliphatic rings. The number of hydrogen-bond donors (Lipinski definition) is 1. The zero-order chi connectivity index (χ0) is 15.6. The van der Waals surface area contributed by atoms with Gasteiger partial charge >= 0.3 is 0 Å². The summed E-state index contributed by atoms with van der Waals surface area (Å²) in [6.07, 6.45) is 3.26. The number of aliphatic hydroxyl groups is 1. The third-order valence-corrected chi connectivity index (χ3v) is 5.04. The van der Waals surface area contributed by atoms with E-state index in [2.05, 4.69) is 18.8 Å². The Hall–Kier alpha value is -0.940. The summed E-state index contributed by atoms with van der Waals surface area (Å²) >= 11 is 1.54. The van der Waals surface area contributed by atoms with Crippen LogP contribution in [-0.4, -0.2) is 39.6 Å². The molecule has 1 saturated heterocycles. The van der Waals surface area contributed by atoms with Gasteiger partial charge in [0, 0.05) is 19.0 Å². The number of aromatic nitrogens is 1. The van der Waals surface area contributed by atoms with Gasteiger partial charge in [-0.1, -0.05) is 13.8 Å². The highest BCUT2D eigenvalue weighted by Crippen LogP contribution is 2.28. The smallest absolute Gasteiger partial charge is 0.266 e. The molecule has 0 spiro atoms. The minimum absolute atomic E-state index is 0.100. The van der Waals surface area contributed by atoms with Crippen LogP contribution in [-0.2, 0) is 6.42 Å². The Morgan fingerprint density at radius 3 is 2.81 bits per heavy atom. The van der Waals surface area contributed by atoms with Crippen molar-refractivity contribution in [3.05, 3.63) is 15.6 Å². The van der Waals surface area contributed by atoms with Crippen LogP contribution in [0.4, 0.5) is 0 Å². The van der Waals surface area contributed by atoms with Gasteiger partial charge in [-0.25, -0.2) is 4.98 Å². The van der Waals surface area contributed by atoms with Crippen molar-refractivity contribution in [1.29, 1.82) is 0 Å². The van der Waals surface area contributed by atoms with Crippen molar-refractivity contribution in [2.24, 2.45) is 5.92 Å². The Morgan fingerprint density at radius 2 is 2.19 bits per heavy atom. The maximum absolute atomic E-state index is 12.8. The SMILES string of the molecule is Cc1nc(CC(C)C)sc1C(=O)N1CCCC1CC(C)O. The van der Waals surface area contributed by atoms with Crippen LogP contribution < -0.4 is 0 Å². The molecule has 4 nitrogen and oxygen atoms in total. The fourth-order valence-corrected chi connectivity index (χ4v) is 4.19. The van der Waals surface area contributed by atoms with Crippen LogP contribution in [0.15, 0.2) is 0 Å². The van der Waals surface area contributed by atoms with Crippen LogP contribution in [0, 0.1) is 12.8 Å². The second-order valence-corrected chi connectivity index (χ2v) is 7.58. The second kappa shape index (κ2) is 6.88.